The Morgan fingerprint density at radius 3 is 1.86 bits per heavy atom. The first kappa shape index (κ1) is 19.4. The third-order valence-electron chi connectivity index (χ3n) is 2.98. The maximum absolute atomic E-state index is 12.2. The summed E-state index contributed by atoms with van der Waals surface area (Å²) in [6, 6.07) is -2.51. The van der Waals surface area contributed by atoms with E-state index < -0.39 is 35.9 Å². The lowest BCUT2D eigenvalue weighted by molar-refractivity contribution is -0.143. The molecule has 0 saturated heterocycles. The number of carbonyl (C=O) groups excluding carboxylic acids is 2. The summed E-state index contributed by atoms with van der Waals surface area (Å²) >= 11 is 0. The zero-order chi connectivity index (χ0) is 16.7. The van der Waals surface area contributed by atoms with Gasteiger partial charge in [-0.15, -0.1) is 0 Å². The van der Waals surface area contributed by atoms with Crippen molar-refractivity contribution in [2.45, 2.75) is 59.2 Å². The fourth-order valence-corrected chi connectivity index (χ4v) is 1.77. The van der Waals surface area contributed by atoms with E-state index in [1.807, 2.05) is 13.8 Å². The number of carbonyl (C=O) groups is 3. The van der Waals surface area contributed by atoms with E-state index in [0.29, 0.717) is 6.42 Å². The van der Waals surface area contributed by atoms with Crippen molar-refractivity contribution in [3.05, 3.63) is 0 Å². The Hall–Kier alpha value is -1.63. The lowest BCUT2D eigenvalue weighted by atomic mass is 10.00. The molecule has 0 aromatic rings. The largest absolute Gasteiger partial charge is 0.480 e. The molecule has 21 heavy (non-hydrogen) atoms. The molecular weight excluding hydrogens is 274 g/mol. The topological polar surface area (TPSA) is 122 Å². The van der Waals surface area contributed by atoms with Gasteiger partial charge in [0, 0.05) is 0 Å². The summed E-state index contributed by atoms with van der Waals surface area (Å²) in [5.74, 6) is -2.09. The lowest BCUT2D eigenvalue weighted by Gasteiger charge is -2.25. The van der Waals surface area contributed by atoms with Crippen molar-refractivity contribution in [2.75, 3.05) is 0 Å². The second-order valence-corrected chi connectivity index (χ2v) is 6.05. The summed E-state index contributed by atoms with van der Waals surface area (Å²) < 4.78 is 0. The van der Waals surface area contributed by atoms with Crippen LogP contribution in [0.5, 0.6) is 0 Å². The van der Waals surface area contributed by atoms with E-state index in [9.17, 15) is 14.4 Å². The van der Waals surface area contributed by atoms with Gasteiger partial charge >= 0.3 is 5.97 Å². The molecule has 0 aromatic carbocycles. The van der Waals surface area contributed by atoms with Crippen LogP contribution in [0.4, 0.5) is 0 Å². The molecule has 0 heterocycles. The second kappa shape index (κ2) is 8.61. The molecule has 0 aromatic heterocycles. The highest BCUT2D eigenvalue weighted by atomic mass is 16.4. The van der Waals surface area contributed by atoms with Crippen LogP contribution in [0.15, 0.2) is 0 Å². The van der Waals surface area contributed by atoms with Crippen molar-refractivity contribution < 1.29 is 19.5 Å². The van der Waals surface area contributed by atoms with E-state index in [-0.39, 0.29) is 11.8 Å². The molecule has 2 amide bonds. The number of carboxylic acids is 1. The normalized spacial score (nSPS) is 15.4. The van der Waals surface area contributed by atoms with Gasteiger partial charge in [-0.05, 0) is 25.2 Å². The third kappa shape index (κ3) is 7.08. The predicted octanol–water partition coefficient (Wildman–Crippen LogP) is 0.0899. The molecule has 0 aliphatic rings. The Morgan fingerprint density at radius 2 is 1.52 bits per heavy atom. The molecule has 0 aliphatic heterocycles. The minimum Gasteiger partial charge on any atom is -0.480 e. The smallest absolute Gasteiger partial charge is 0.326 e. The highest BCUT2D eigenvalue weighted by Gasteiger charge is 2.29. The highest BCUT2D eigenvalue weighted by Crippen LogP contribution is 2.08. The SMILES string of the molecule is CC(C)CC(NC(=O)C(NC(=O)C(C)N)C(C)C)C(=O)O. The molecule has 5 N–H and O–H groups in total. The summed E-state index contributed by atoms with van der Waals surface area (Å²) in [5.41, 5.74) is 5.46. The van der Waals surface area contributed by atoms with E-state index >= 15 is 0 Å². The van der Waals surface area contributed by atoms with Crippen LogP contribution >= 0.6 is 0 Å². The Bertz CT molecular complexity index is 380. The maximum Gasteiger partial charge on any atom is 0.326 e. The first-order valence-electron chi connectivity index (χ1n) is 7.15. The van der Waals surface area contributed by atoms with Gasteiger partial charge in [0.05, 0.1) is 6.04 Å². The van der Waals surface area contributed by atoms with Gasteiger partial charge in [0.15, 0.2) is 0 Å². The monoisotopic (exact) mass is 301 g/mol. The number of nitrogens with two attached hydrogens (primary N) is 1. The average molecular weight is 301 g/mol. The van der Waals surface area contributed by atoms with Gasteiger partial charge in [0.2, 0.25) is 11.8 Å². The number of aliphatic carboxylic acids is 1. The zero-order valence-corrected chi connectivity index (χ0v) is 13.3. The van der Waals surface area contributed by atoms with Crippen LogP contribution in [0.3, 0.4) is 0 Å². The molecule has 0 spiro atoms. The second-order valence-electron chi connectivity index (χ2n) is 6.05. The quantitative estimate of drug-likeness (QED) is 0.506. The Labute approximate surface area is 125 Å². The summed E-state index contributed by atoms with van der Waals surface area (Å²) in [4.78, 5) is 35.0. The molecule has 3 unspecified atom stereocenters. The highest BCUT2D eigenvalue weighted by molar-refractivity contribution is 5.91. The molecule has 3 atom stereocenters. The summed E-state index contributed by atoms with van der Waals surface area (Å²) in [6.07, 6.45) is 0.327. The summed E-state index contributed by atoms with van der Waals surface area (Å²) in [7, 11) is 0. The molecule has 7 heteroatoms. The van der Waals surface area contributed by atoms with E-state index in [0.717, 1.165) is 0 Å². The standard InChI is InChI=1S/C14H27N3O4/c1-7(2)6-10(14(20)21)16-13(19)11(8(3)4)17-12(18)9(5)15/h7-11H,6,15H2,1-5H3,(H,16,19)(H,17,18)(H,20,21). The third-order valence-corrected chi connectivity index (χ3v) is 2.98. The summed E-state index contributed by atoms with van der Waals surface area (Å²) in [5, 5.41) is 14.2. The number of amides is 2. The molecule has 0 bridgehead atoms. The van der Waals surface area contributed by atoms with Gasteiger partial charge in [-0.3, -0.25) is 9.59 Å². The molecule has 0 aliphatic carbocycles. The molecule has 0 rings (SSSR count). The van der Waals surface area contributed by atoms with Crippen LogP contribution < -0.4 is 16.4 Å². The van der Waals surface area contributed by atoms with Gasteiger partial charge in [0.1, 0.15) is 12.1 Å². The number of carboxylic acid groups (broad SMARTS) is 1. The van der Waals surface area contributed by atoms with Gasteiger partial charge < -0.3 is 21.5 Å². The van der Waals surface area contributed by atoms with Crippen molar-refractivity contribution in [3.63, 3.8) is 0 Å². The van der Waals surface area contributed by atoms with Gasteiger partial charge in [-0.2, -0.15) is 0 Å². The van der Waals surface area contributed by atoms with Crippen molar-refractivity contribution in [1.82, 2.24) is 10.6 Å². The minimum absolute atomic E-state index is 0.127. The molecule has 0 radical (unpaired) electrons. The Balaban J connectivity index is 4.88. The Kier molecular flexibility index (Phi) is 7.94. The molecule has 122 valence electrons. The van der Waals surface area contributed by atoms with Crippen LogP contribution in [-0.2, 0) is 14.4 Å². The van der Waals surface area contributed by atoms with Gasteiger partial charge in [-0.25, -0.2) is 4.79 Å². The molecule has 0 fully saturated rings. The zero-order valence-electron chi connectivity index (χ0n) is 13.3. The van der Waals surface area contributed by atoms with Crippen LogP contribution in [0.1, 0.15) is 41.0 Å². The van der Waals surface area contributed by atoms with E-state index in [1.54, 1.807) is 13.8 Å². The van der Waals surface area contributed by atoms with E-state index in [1.165, 1.54) is 6.92 Å². The van der Waals surface area contributed by atoms with E-state index in [2.05, 4.69) is 10.6 Å². The predicted molar refractivity (Wildman–Crippen MR) is 79.4 cm³/mol. The van der Waals surface area contributed by atoms with Gasteiger partial charge in [0.25, 0.3) is 0 Å². The minimum atomic E-state index is -1.09. The number of hydrogen-bond donors (Lipinski definition) is 4. The fourth-order valence-electron chi connectivity index (χ4n) is 1.77. The molecule has 0 saturated carbocycles. The number of nitrogens with one attached hydrogen (secondary N) is 2. The van der Waals surface area contributed by atoms with Crippen LogP contribution in [-0.4, -0.2) is 41.0 Å². The average Bonchev–Trinajstić information content (AvgIpc) is 2.33. The van der Waals surface area contributed by atoms with Crippen LogP contribution in [0.25, 0.3) is 0 Å². The number of rotatable bonds is 8. The maximum atomic E-state index is 12.2. The first-order chi connectivity index (χ1) is 9.56. The molecular formula is C14H27N3O4. The fraction of sp³-hybridized carbons (Fsp3) is 0.786. The van der Waals surface area contributed by atoms with Crippen molar-refractivity contribution in [3.8, 4) is 0 Å². The van der Waals surface area contributed by atoms with Crippen molar-refractivity contribution in [2.24, 2.45) is 17.6 Å². The molecule has 7 nitrogen and oxygen atoms in total. The van der Waals surface area contributed by atoms with Gasteiger partial charge in [-0.1, -0.05) is 27.7 Å². The van der Waals surface area contributed by atoms with Crippen molar-refractivity contribution >= 4 is 17.8 Å². The summed E-state index contributed by atoms with van der Waals surface area (Å²) in [6.45, 7) is 8.80. The Morgan fingerprint density at radius 1 is 1.00 bits per heavy atom. The van der Waals surface area contributed by atoms with Crippen LogP contribution in [0, 0.1) is 11.8 Å². The van der Waals surface area contributed by atoms with E-state index in [4.69, 9.17) is 10.8 Å². The first-order valence-corrected chi connectivity index (χ1v) is 7.15. The lowest BCUT2D eigenvalue weighted by Crippen LogP contribution is -2.56. The van der Waals surface area contributed by atoms with Crippen LogP contribution in [0.2, 0.25) is 0 Å². The van der Waals surface area contributed by atoms with Crippen molar-refractivity contribution in [1.29, 1.82) is 0 Å². The number of hydrogen-bond acceptors (Lipinski definition) is 4.